The van der Waals surface area contributed by atoms with E-state index in [-0.39, 0.29) is 25.3 Å². The molecule has 2 aromatic rings. The van der Waals surface area contributed by atoms with Gasteiger partial charge in [-0.15, -0.1) is 0 Å². The third kappa shape index (κ3) is 3.46. The van der Waals surface area contributed by atoms with Crippen LogP contribution in [0.4, 0.5) is 0 Å². The van der Waals surface area contributed by atoms with E-state index in [1.165, 1.54) is 15.6 Å². The van der Waals surface area contributed by atoms with Gasteiger partial charge in [-0.25, -0.2) is 24.2 Å². The van der Waals surface area contributed by atoms with Gasteiger partial charge in [0.05, 0.1) is 39.9 Å². The van der Waals surface area contributed by atoms with Gasteiger partial charge in [-0.3, -0.25) is 0 Å². The topological polar surface area (TPSA) is 132 Å². The van der Waals surface area contributed by atoms with Crippen molar-refractivity contribution in [3.05, 3.63) is 29.4 Å². The maximum absolute atomic E-state index is 12.1. The summed E-state index contributed by atoms with van der Waals surface area (Å²) in [5.41, 5.74) is 1.31. The molecule has 150 valence electrons. The highest BCUT2D eigenvalue weighted by Crippen LogP contribution is 2.34. The molecule has 1 saturated heterocycles. The first-order valence-electron chi connectivity index (χ1n) is 8.85. The maximum Gasteiger partial charge on any atom is 0.213 e. The normalized spacial score (nSPS) is 17.3. The number of rotatable bonds is 7. The second kappa shape index (κ2) is 7.67. The smallest absolute Gasteiger partial charge is 0.213 e. The van der Waals surface area contributed by atoms with E-state index < -0.39 is 15.6 Å². The Morgan fingerprint density at radius 1 is 1.50 bits per heavy atom. The van der Waals surface area contributed by atoms with Crippen LogP contribution < -0.4 is 5.84 Å². The van der Waals surface area contributed by atoms with Crippen molar-refractivity contribution in [1.82, 2.24) is 24.3 Å². The predicted octanol–water partition coefficient (Wildman–Crippen LogP) is 1.86. The molecule has 28 heavy (non-hydrogen) atoms. The molecule has 1 fully saturated rings. The van der Waals surface area contributed by atoms with E-state index in [1.807, 2.05) is 6.92 Å². The molecular weight excluding hydrogens is 402 g/mol. The fraction of sp³-hybridized carbons (Fsp3) is 0.471. The minimum atomic E-state index is -3.32. The van der Waals surface area contributed by atoms with Crippen molar-refractivity contribution >= 4 is 38.2 Å². The number of hydrogen-bond acceptors (Lipinski definition) is 7. The van der Waals surface area contributed by atoms with Crippen LogP contribution in [0.1, 0.15) is 32.4 Å². The van der Waals surface area contributed by atoms with Gasteiger partial charge >= 0.3 is 0 Å². The van der Waals surface area contributed by atoms with Crippen LogP contribution in [-0.2, 0) is 10.0 Å². The van der Waals surface area contributed by atoms with Crippen LogP contribution in [0.15, 0.2) is 18.7 Å². The number of hydrazine groups is 1. The summed E-state index contributed by atoms with van der Waals surface area (Å²) in [7, 11) is -3.32. The highest BCUT2D eigenvalue weighted by atomic mass is 35.5. The highest BCUT2D eigenvalue weighted by molar-refractivity contribution is 7.89. The molecule has 1 aliphatic rings. The van der Waals surface area contributed by atoms with E-state index in [1.54, 1.807) is 19.3 Å². The van der Waals surface area contributed by atoms with Crippen LogP contribution in [0.3, 0.4) is 0 Å². The number of aromatic nitrogens is 3. The molecule has 9 nitrogen and oxygen atoms in total. The second-order valence-electron chi connectivity index (χ2n) is 6.73. The van der Waals surface area contributed by atoms with Gasteiger partial charge in [0.25, 0.3) is 0 Å². The van der Waals surface area contributed by atoms with Crippen LogP contribution in [0.5, 0.6) is 0 Å². The molecule has 3 rings (SSSR count). The lowest BCUT2D eigenvalue weighted by Crippen LogP contribution is -2.71. The molecule has 3 heterocycles. The number of nitriles is 1. The van der Waals surface area contributed by atoms with Crippen molar-refractivity contribution in [2.45, 2.75) is 32.2 Å². The zero-order chi connectivity index (χ0) is 20.5. The monoisotopic (exact) mass is 423 g/mol. The van der Waals surface area contributed by atoms with E-state index in [2.05, 4.69) is 21.0 Å². The summed E-state index contributed by atoms with van der Waals surface area (Å²) in [5, 5.41) is 11.9. The van der Waals surface area contributed by atoms with Crippen molar-refractivity contribution in [3.8, 4) is 6.07 Å². The molecule has 2 aromatic heterocycles. The van der Waals surface area contributed by atoms with Gasteiger partial charge in [-0.1, -0.05) is 18.5 Å². The van der Waals surface area contributed by atoms with Gasteiger partial charge in [-0.2, -0.15) is 9.57 Å². The number of aromatic amines is 1. The highest BCUT2D eigenvalue weighted by Gasteiger charge is 2.50. The molecule has 0 unspecified atom stereocenters. The van der Waals surface area contributed by atoms with Gasteiger partial charge in [0.2, 0.25) is 10.0 Å². The largest absolute Gasteiger partial charge is 0.344 e. The lowest BCUT2D eigenvalue weighted by molar-refractivity contribution is 0.0231. The first kappa shape index (κ1) is 20.5. The Hall–Kier alpha value is -2.19. The number of H-pyrrole nitrogens is 1. The Balaban J connectivity index is 1.95. The van der Waals surface area contributed by atoms with Gasteiger partial charge in [0.15, 0.2) is 0 Å². The first-order valence-corrected chi connectivity index (χ1v) is 10.8. The number of fused-ring (bicyclic) bond motifs is 1. The summed E-state index contributed by atoms with van der Waals surface area (Å²) >= 11 is 6.28. The summed E-state index contributed by atoms with van der Waals surface area (Å²) in [6.45, 7) is 3.89. The van der Waals surface area contributed by atoms with E-state index in [0.29, 0.717) is 28.2 Å². The van der Waals surface area contributed by atoms with Crippen LogP contribution in [0.2, 0.25) is 5.02 Å². The van der Waals surface area contributed by atoms with Crippen LogP contribution in [0.25, 0.3) is 16.6 Å². The number of halogens is 1. The van der Waals surface area contributed by atoms with Gasteiger partial charge in [0, 0.05) is 25.5 Å². The number of nitrogens with two attached hydrogens (primary N) is 1. The molecule has 0 atom stereocenters. The van der Waals surface area contributed by atoms with Crippen molar-refractivity contribution in [1.29, 1.82) is 5.26 Å². The lowest BCUT2D eigenvalue weighted by Gasteiger charge is -2.52. The standard InChI is InChI=1S/C17H22ClN7O2S/c1-3-12(15-14-13(18)7-21-16(14)23-11-22-15)8-25(20)17(5-6-19)9-24(10-17)28(26,27)4-2/h7-8,11H,3-5,9-10,20H2,1-2H3,(H,21,22,23)/b12-8+. The summed E-state index contributed by atoms with van der Waals surface area (Å²) in [4.78, 5) is 11.5. The molecule has 0 bridgehead atoms. The minimum Gasteiger partial charge on any atom is -0.344 e. The summed E-state index contributed by atoms with van der Waals surface area (Å²) in [6, 6.07) is 2.12. The van der Waals surface area contributed by atoms with E-state index in [4.69, 9.17) is 17.4 Å². The summed E-state index contributed by atoms with van der Waals surface area (Å²) < 4.78 is 25.5. The summed E-state index contributed by atoms with van der Waals surface area (Å²) in [6.07, 6.45) is 5.53. The first-order chi connectivity index (χ1) is 13.3. The minimum absolute atomic E-state index is 0.0150. The third-order valence-corrected chi connectivity index (χ3v) is 7.13. The number of allylic oxidation sites excluding steroid dienone is 1. The van der Waals surface area contributed by atoms with Crippen molar-refractivity contribution in [2.24, 2.45) is 5.84 Å². The molecule has 0 aromatic carbocycles. The maximum atomic E-state index is 12.1. The lowest BCUT2D eigenvalue weighted by atomic mass is 9.88. The summed E-state index contributed by atoms with van der Waals surface area (Å²) in [5.74, 6) is 6.33. The Morgan fingerprint density at radius 2 is 2.21 bits per heavy atom. The fourth-order valence-corrected chi connectivity index (χ4v) is 4.77. The molecule has 0 saturated carbocycles. The van der Waals surface area contributed by atoms with Gasteiger partial charge < -0.3 is 9.99 Å². The zero-order valence-electron chi connectivity index (χ0n) is 15.7. The number of sulfonamides is 1. The van der Waals surface area contributed by atoms with E-state index in [9.17, 15) is 13.7 Å². The van der Waals surface area contributed by atoms with Crippen molar-refractivity contribution < 1.29 is 8.42 Å². The molecule has 0 amide bonds. The Bertz CT molecular complexity index is 1050. The quantitative estimate of drug-likeness (QED) is 0.513. The fourth-order valence-electron chi connectivity index (χ4n) is 3.30. The van der Waals surface area contributed by atoms with Crippen LogP contribution >= 0.6 is 11.6 Å². The second-order valence-corrected chi connectivity index (χ2v) is 9.39. The number of hydrogen-bond donors (Lipinski definition) is 2. The average Bonchev–Trinajstić information content (AvgIpc) is 3.03. The van der Waals surface area contributed by atoms with Gasteiger partial charge in [-0.05, 0) is 18.9 Å². The number of nitrogens with one attached hydrogen (secondary N) is 1. The SMILES string of the molecule is CC/C(=C\N(N)C1(CC#N)CN(S(=O)(=O)CC)C1)c1ncnc2[nH]cc(Cl)c12. The third-order valence-electron chi connectivity index (χ3n) is 5.06. The predicted molar refractivity (Wildman–Crippen MR) is 107 cm³/mol. The van der Waals surface area contributed by atoms with Crippen LogP contribution in [0, 0.1) is 11.3 Å². The van der Waals surface area contributed by atoms with Crippen molar-refractivity contribution in [2.75, 3.05) is 18.8 Å². The Morgan fingerprint density at radius 3 is 2.82 bits per heavy atom. The Kier molecular flexibility index (Phi) is 5.63. The molecule has 0 radical (unpaired) electrons. The Labute approximate surface area is 168 Å². The molecule has 11 heteroatoms. The molecular formula is C17H22ClN7O2S. The molecule has 0 aliphatic carbocycles. The van der Waals surface area contributed by atoms with E-state index >= 15 is 0 Å². The number of nitrogens with zero attached hydrogens (tertiary/aromatic N) is 5. The molecule has 1 aliphatic heterocycles. The van der Waals surface area contributed by atoms with E-state index in [0.717, 1.165) is 5.57 Å². The van der Waals surface area contributed by atoms with Crippen LogP contribution in [-0.4, -0.2) is 57.1 Å². The van der Waals surface area contributed by atoms with Gasteiger partial charge in [0.1, 0.15) is 12.0 Å². The zero-order valence-corrected chi connectivity index (χ0v) is 17.3. The molecule has 0 spiro atoms. The molecule has 3 N–H and O–H groups in total. The average molecular weight is 424 g/mol. The van der Waals surface area contributed by atoms with Crippen molar-refractivity contribution in [3.63, 3.8) is 0 Å².